The number of unbranched alkanes of at least 4 members (excludes halogenated alkanes) is 16. The van der Waals surface area contributed by atoms with Crippen molar-refractivity contribution in [3.05, 3.63) is 12.2 Å². The van der Waals surface area contributed by atoms with Gasteiger partial charge in [-0.25, -0.2) is 9.13 Å². The molecular weight excluding hydrogens is 413 g/mol. The summed E-state index contributed by atoms with van der Waals surface area (Å²) in [5.41, 5.74) is 0. The molecule has 0 saturated carbocycles. The average molecular weight is 471 g/mol. The van der Waals surface area contributed by atoms with E-state index in [4.69, 9.17) is 0 Å². The maximum Gasteiger partial charge on any atom is 0.378 e. The Kier molecular flexibility index (Phi) is 19.8. The molecule has 0 aromatic rings. The van der Waals surface area contributed by atoms with Crippen molar-refractivity contribution in [1.82, 2.24) is 0 Å². The lowest BCUT2D eigenvalue weighted by atomic mass is 10.0. The van der Waals surface area contributed by atoms with Crippen LogP contribution in [0.15, 0.2) is 12.2 Å². The van der Waals surface area contributed by atoms with Gasteiger partial charge in [0.2, 0.25) is 5.28 Å². The van der Waals surface area contributed by atoms with Crippen molar-refractivity contribution in [2.45, 2.75) is 148 Å². The van der Waals surface area contributed by atoms with E-state index in [1.165, 1.54) is 103 Å². The molecule has 0 bridgehead atoms. The number of rotatable bonds is 23. The van der Waals surface area contributed by atoms with Gasteiger partial charge in [-0.05, 0) is 32.1 Å². The molecule has 0 heterocycles. The van der Waals surface area contributed by atoms with Crippen molar-refractivity contribution in [3.8, 4) is 0 Å². The van der Waals surface area contributed by atoms with E-state index >= 15 is 0 Å². The van der Waals surface area contributed by atoms with E-state index in [0.29, 0.717) is 10.9 Å². The van der Waals surface area contributed by atoms with Gasteiger partial charge in [0.05, 0.1) is 21.1 Å². The van der Waals surface area contributed by atoms with Crippen LogP contribution in [0.4, 0.5) is 0 Å². The molecule has 0 saturated heterocycles. The third kappa shape index (κ3) is 14.7. The number of quaternary nitrogens is 1. The van der Waals surface area contributed by atoms with E-state index in [0.717, 1.165) is 19.3 Å². The van der Waals surface area contributed by atoms with Crippen LogP contribution in [0.5, 0.6) is 0 Å². The molecular formula is C28H57NO2P+. The van der Waals surface area contributed by atoms with Crippen molar-refractivity contribution in [3.63, 3.8) is 0 Å². The summed E-state index contributed by atoms with van der Waals surface area (Å²) < 4.78 is 24.4. The van der Waals surface area contributed by atoms with Gasteiger partial charge in [-0.15, -0.1) is 0 Å². The van der Waals surface area contributed by atoms with Crippen LogP contribution in [-0.4, -0.2) is 30.9 Å². The van der Waals surface area contributed by atoms with Gasteiger partial charge in [0.25, 0.3) is 0 Å². The molecule has 3 nitrogen and oxygen atoms in total. The number of hydrogen-bond acceptors (Lipinski definition) is 2. The highest BCUT2D eigenvalue weighted by Gasteiger charge is 2.46. The lowest BCUT2D eigenvalue weighted by Crippen LogP contribution is -2.53. The summed E-state index contributed by atoms with van der Waals surface area (Å²) in [5, 5.41) is -0.597. The summed E-state index contributed by atoms with van der Waals surface area (Å²) in [7, 11) is 3.63. The van der Waals surface area contributed by atoms with Crippen LogP contribution in [0, 0.1) is 0 Å². The van der Waals surface area contributed by atoms with Gasteiger partial charge in [0, 0.05) is 12.8 Å². The highest BCUT2D eigenvalue weighted by molar-refractivity contribution is 7.32. The summed E-state index contributed by atoms with van der Waals surface area (Å²) in [6.07, 6.45) is 30.1. The molecule has 0 N–H and O–H groups in total. The third-order valence-electron chi connectivity index (χ3n) is 7.24. The predicted octanol–water partition coefficient (Wildman–Crippen LogP) is 9.96. The zero-order valence-corrected chi connectivity index (χ0v) is 23.4. The van der Waals surface area contributed by atoms with E-state index in [1.807, 2.05) is 28.1 Å². The maximum absolute atomic E-state index is 11.9. The molecule has 0 aromatic carbocycles. The van der Waals surface area contributed by atoms with Crippen LogP contribution in [-0.2, 0) is 9.13 Å². The van der Waals surface area contributed by atoms with Crippen molar-refractivity contribution in [1.29, 1.82) is 0 Å². The molecule has 190 valence electrons. The first kappa shape index (κ1) is 31.6. The minimum Gasteiger partial charge on any atom is -0.314 e. The van der Waals surface area contributed by atoms with Gasteiger partial charge in [0.15, 0.2) is 0 Å². The fourth-order valence-electron chi connectivity index (χ4n) is 4.81. The van der Waals surface area contributed by atoms with Crippen molar-refractivity contribution in [2.24, 2.45) is 0 Å². The van der Waals surface area contributed by atoms with Gasteiger partial charge in [0.1, 0.15) is 0 Å². The van der Waals surface area contributed by atoms with E-state index in [-0.39, 0.29) is 0 Å². The van der Waals surface area contributed by atoms with Gasteiger partial charge in [-0.2, -0.15) is 0 Å². The highest BCUT2D eigenvalue weighted by atomic mass is 31.1. The second kappa shape index (κ2) is 20.0. The van der Waals surface area contributed by atoms with E-state index in [2.05, 4.69) is 19.1 Å². The molecule has 0 aliphatic rings. The smallest absolute Gasteiger partial charge is 0.314 e. The number of nitrogens with zero attached hydrogens (tertiary/aromatic N) is 1. The van der Waals surface area contributed by atoms with Crippen LogP contribution >= 0.6 is 7.68 Å². The van der Waals surface area contributed by atoms with Gasteiger partial charge in [-0.1, -0.05) is 109 Å². The molecule has 0 aliphatic carbocycles. The van der Waals surface area contributed by atoms with Crippen molar-refractivity contribution >= 4 is 7.68 Å². The van der Waals surface area contributed by atoms with Crippen LogP contribution in [0.3, 0.4) is 0 Å². The van der Waals surface area contributed by atoms with Crippen LogP contribution < -0.4 is 0 Å². The van der Waals surface area contributed by atoms with Crippen LogP contribution in [0.2, 0.25) is 0 Å². The Morgan fingerprint density at radius 2 is 0.969 bits per heavy atom. The Labute approximate surface area is 202 Å². The second-order valence-electron chi connectivity index (χ2n) is 10.7. The molecule has 0 radical (unpaired) electrons. The summed E-state index contributed by atoms with van der Waals surface area (Å²) >= 11 is 0. The molecule has 1 atom stereocenters. The van der Waals surface area contributed by atoms with Crippen LogP contribution in [0.25, 0.3) is 0 Å². The first-order valence-corrected chi connectivity index (χ1v) is 15.1. The molecule has 0 aliphatic heterocycles. The van der Waals surface area contributed by atoms with Crippen molar-refractivity contribution < 1.29 is 13.6 Å². The summed E-state index contributed by atoms with van der Waals surface area (Å²) in [6.45, 7) is 4.29. The predicted molar refractivity (Wildman–Crippen MR) is 142 cm³/mol. The third-order valence-corrected chi connectivity index (χ3v) is 9.06. The molecule has 0 amide bonds. The number of hydrogen-bond donors (Lipinski definition) is 0. The lowest BCUT2D eigenvalue weighted by molar-refractivity contribution is -0.908. The maximum atomic E-state index is 11.9. The van der Waals surface area contributed by atoms with E-state index < -0.39 is 13.0 Å². The molecule has 32 heavy (non-hydrogen) atoms. The van der Waals surface area contributed by atoms with Gasteiger partial charge >= 0.3 is 7.68 Å². The lowest BCUT2D eigenvalue weighted by Gasteiger charge is -2.40. The molecule has 0 aromatic heterocycles. The largest absolute Gasteiger partial charge is 0.378 e. The molecule has 0 spiro atoms. The minimum absolute atomic E-state index is 0.512. The monoisotopic (exact) mass is 470 g/mol. The molecule has 0 rings (SSSR count). The Hall–Kier alpha value is -0.400. The Morgan fingerprint density at radius 3 is 1.31 bits per heavy atom. The molecule has 1 unspecified atom stereocenters. The average Bonchev–Trinajstić information content (AvgIpc) is 2.74. The summed E-state index contributed by atoms with van der Waals surface area (Å²) in [4.78, 5) is 0. The molecule has 0 fully saturated rings. The fraction of sp³-hybridized carbons (Fsp3) is 0.929. The topological polar surface area (TPSA) is 34.1 Å². The highest BCUT2D eigenvalue weighted by Crippen LogP contribution is 2.43. The first-order valence-electron chi connectivity index (χ1n) is 13.9. The summed E-state index contributed by atoms with van der Waals surface area (Å²) in [6, 6.07) is 0. The Balaban J connectivity index is 3.51. The van der Waals surface area contributed by atoms with Gasteiger partial charge < -0.3 is 4.48 Å². The summed E-state index contributed by atoms with van der Waals surface area (Å²) in [5.74, 6) is 0. The SMILES string of the molecule is CCCCCCC=CCCCCCCCCCCCCCCC(CC)(P(=O)=O)[N+](C)(C)C. The van der Waals surface area contributed by atoms with E-state index in [9.17, 15) is 9.13 Å². The van der Waals surface area contributed by atoms with Crippen molar-refractivity contribution in [2.75, 3.05) is 21.1 Å². The Morgan fingerprint density at radius 1 is 0.594 bits per heavy atom. The molecule has 4 heteroatoms. The zero-order valence-electron chi connectivity index (χ0n) is 22.5. The zero-order chi connectivity index (χ0) is 24.1. The minimum atomic E-state index is -2.41. The normalized spacial score (nSPS) is 14.2. The standard InChI is InChI=1S/C28H57NO2P/c1-6-8-9-10-11-12-13-14-15-16-17-18-19-20-21-22-23-24-25-26-27-28(7-2,32(30)31)29(3,4)5/h12-13H,6-11,14-27H2,1-5H3/q+1. The quantitative estimate of drug-likeness (QED) is 0.0644. The van der Waals surface area contributed by atoms with Crippen LogP contribution in [0.1, 0.15) is 142 Å². The van der Waals surface area contributed by atoms with Gasteiger partial charge in [-0.3, -0.25) is 0 Å². The Bertz CT molecular complexity index is 514. The van der Waals surface area contributed by atoms with E-state index in [1.54, 1.807) is 0 Å². The second-order valence-corrected chi connectivity index (χ2v) is 12.1. The first-order chi connectivity index (χ1) is 15.3. The fourth-order valence-corrected chi connectivity index (χ4v) is 5.90. The number of allylic oxidation sites excluding steroid dienone is 2.